The number of carbonyl (C=O) groups excluding carboxylic acids is 2. The Morgan fingerprint density at radius 1 is 1.41 bits per heavy atom. The number of nitrogens with one attached hydrogen (secondary N) is 1. The number of fused-ring (bicyclic) bond motifs is 1. The maximum Gasteiger partial charge on any atom is 0.321 e. The Hall–Kier alpha value is -2.28. The van der Waals surface area contributed by atoms with Crippen molar-refractivity contribution in [2.24, 2.45) is 5.92 Å². The molecule has 22 heavy (non-hydrogen) atoms. The van der Waals surface area contributed by atoms with Crippen molar-refractivity contribution in [2.45, 2.75) is 12.1 Å². The molecule has 7 heteroatoms. The fourth-order valence-corrected chi connectivity index (χ4v) is 3.16. The first kappa shape index (κ1) is 14.6. The first-order chi connectivity index (χ1) is 10.5. The molecule has 0 saturated carbocycles. The lowest BCUT2D eigenvalue weighted by atomic mass is 10.0. The second-order valence-corrected chi connectivity index (χ2v) is 5.69. The number of rotatable bonds is 2. The number of aliphatic hydroxyl groups is 1. The highest BCUT2D eigenvalue weighted by Gasteiger charge is 2.51. The lowest BCUT2D eigenvalue weighted by Gasteiger charge is -2.21. The van der Waals surface area contributed by atoms with Crippen molar-refractivity contribution >= 4 is 17.6 Å². The van der Waals surface area contributed by atoms with E-state index in [1.54, 1.807) is 43.3 Å². The van der Waals surface area contributed by atoms with E-state index in [0.717, 1.165) is 0 Å². The second kappa shape index (κ2) is 5.49. The Morgan fingerprint density at radius 3 is 2.86 bits per heavy atom. The van der Waals surface area contributed by atoms with Crippen LogP contribution in [0.5, 0.6) is 5.75 Å². The molecule has 0 spiro atoms. The van der Waals surface area contributed by atoms with Gasteiger partial charge in [0.2, 0.25) is 0 Å². The predicted molar refractivity (Wildman–Crippen MR) is 79.6 cm³/mol. The summed E-state index contributed by atoms with van der Waals surface area (Å²) in [7, 11) is 3.23. The van der Waals surface area contributed by atoms with Crippen LogP contribution in [-0.4, -0.2) is 66.2 Å². The summed E-state index contributed by atoms with van der Waals surface area (Å²) in [5.41, 5.74) is 0.645. The van der Waals surface area contributed by atoms with Gasteiger partial charge in [-0.2, -0.15) is 0 Å². The highest BCUT2D eigenvalue weighted by Crippen LogP contribution is 2.32. The molecular weight excluding hydrogens is 286 g/mol. The van der Waals surface area contributed by atoms with E-state index in [4.69, 9.17) is 4.74 Å². The average Bonchev–Trinajstić information content (AvgIpc) is 3.04. The predicted octanol–water partition coefficient (Wildman–Crippen LogP) is 0.360. The van der Waals surface area contributed by atoms with Crippen molar-refractivity contribution in [2.75, 3.05) is 32.6 Å². The number of aliphatic hydroxyl groups excluding tert-OH is 1. The molecule has 2 aliphatic heterocycles. The average molecular weight is 305 g/mol. The third-order valence-corrected chi connectivity index (χ3v) is 4.44. The number of anilines is 1. The molecule has 3 rings (SSSR count). The maximum absolute atomic E-state index is 12.3. The summed E-state index contributed by atoms with van der Waals surface area (Å²) < 4.78 is 5.12. The minimum Gasteiger partial charge on any atom is -0.497 e. The molecular formula is C15H19N3O4. The van der Waals surface area contributed by atoms with Crippen molar-refractivity contribution in [1.82, 2.24) is 9.80 Å². The molecule has 7 nitrogen and oxygen atoms in total. The molecule has 3 amide bonds. The van der Waals surface area contributed by atoms with Gasteiger partial charge in [-0.1, -0.05) is 6.07 Å². The molecule has 2 N–H and O–H groups in total. The summed E-state index contributed by atoms with van der Waals surface area (Å²) >= 11 is 0. The molecule has 2 fully saturated rings. The Labute approximate surface area is 128 Å². The minimum atomic E-state index is -1.01. The summed E-state index contributed by atoms with van der Waals surface area (Å²) in [5, 5.41) is 12.7. The number of likely N-dealkylation sites (tertiary alicyclic amines) is 2. The minimum absolute atomic E-state index is 0.112. The van der Waals surface area contributed by atoms with Gasteiger partial charge < -0.3 is 25.0 Å². The van der Waals surface area contributed by atoms with Crippen LogP contribution in [0.3, 0.4) is 0 Å². The zero-order valence-corrected chi connectivity index (χ0v) is 12.5. The molecule has 0 bridgehead atoms. The molecule has 0 unspecified atom stereocenters. The zero-order chi connectivity index (χ0) is 15.9. The van der Waals surface area contributed by atoms with E-state index in [1.807, 2.05) is 0 Å². The third kappa shape index (κ3) is 2.37. The summed E-state index contributed by atoms with van der Waals surface area (Å²) in [5.74, 6) is 0.188. The number of ether oxygens (including phenoxy) is 1. The van der Waals surface area contributed by atoms with E-state index < -0.39 is 6.10 Å². The standard InChI is InChI=1S/C15H19N3O4/c1-17-12-8-18(7-11(12)13(19)14(17)20)15(21)16-9-4-3-5-10(6-9)22-2/h3-6,11-13,19H,7-8H2,1-2H3,(H,16,21)/t11-,12+,13-/m0/s1. The molecule has 1 aromatic carbocycles. The molecule has 0 radical (unpaired) electrons. The van der Waals surface area contributed by atoms with E-state index in [1.165, 1.54) is 4.90 Å². The molecule has 0 aliphatic carbocycles. The number of hydrogen-bond donors (Lipinski definition) is 2. The summed E-state index contributed by atoms with van der Waals surface area (Å²) in [6.45, 7) is 0.803. The molecule has 2 heterocycles. The highest BCUT2D eigenvalue weighted by atomic mass is 16.5. The fourth-order valence-electron chi connectivity index (χ4n) is 3.16. The Balaban J connectivity index is 1.66. The topological polar surface area (TPSA) is 82.1 Å². The van der Waals surface area contributed by atoms with E-state index >= 15 is 0 Å². The summed E-state index contributed by atoms with van der Waals surface area (Å²) in [4.78, 5) is 27.2. The molecule has 118 valence electrons. The van der Waals surface area contributed by atoms with Crippen LogP contribution in [0, 0.1) is 5.92 Å². The van der Waals surface area contributed by atoms with Crippen molar-refractivity contribution in [1.29, 1.82) is 0 Å². The van der Waals surface area contributed by atoms with Crippen LogP contribution < -0.4 is 10.1 Å². The molecule has 2 aliphatic rings. The fraction of sp³-hybridized carbons (Fsp3) is 0.467. The number of hydrogen-bond acceptors (Lipinski definition) is 4. The monoisotopic (exact) mass is 305 g/mol. The summed E-state index contributed by atoms with van der Waals surface area (Å²) in [6.07, 6.45) is -1.01. The third-order valence-electron chi connectivity index (χ3n) is 4.44. The Morgan fingerprint density at radius 2 is 2.18 bits per heavy atom. The zero-order valence-electron chi connectivity index (χ0n) is 12.5. The number of methoxy groups -OCH3 is 1. The lowest BCUT2D eigenvalue weighted by molar-refractivity contribution is -0.135. The molecule has 0 aromatic heterocycles. The smallest absolute Gasteiger partial charge is 0.321 e. The van der Waals surface area contributed by atoms with Crippen LogP contribution in [0.4, 0.5) is 10.5 Å². The number of amides is 3. The first-order valence-electron chi connectivity index (χ1n) is 7.16. The van der Waals surface area contributed by atoms with Crippen molar-refractivity contribution in [3.63, 3.8) is 0 Å². The van der Waals surface area contributed by atoms with Crippen LogP contribution in [0.1, 0.15) is 0 Å². The number of urea groups is 1. The number of likely N-dealkylation sites (N-methyl/N-ethyl adjacent to an activating group) is 1. The quantitative estimate of drug-likeness (QED) is 0.826. The van der Waals surface area contributed by atoms with Gasteiger partial charge in [0.15, 0.2) is 0 Å². The van der Waals surface area contributed by atoms with Gasteiger partial charge in [0, 0.05) is 37.8 Å². The van der Waals surface area contributed by atoms with E-state index in [9.17, 15) is 14.7 Å². The van der Waals surface area contributed by atoms with Gasteiger partial charge in [-0.15, -0.1) is 0 Å². The largest absolute Gasteiger partial charge is 0.497 e. The van der Waals surface area contributed by atoms with Crippen LogP contribution in [0.25, 0.3) is 0 Å². The van der Waals surface area contributed by atoms with Gasteiger partial charge in [-0.05, 0) is 12.1 Å². The molecule has 2 saturated heterocycles. The van der Waals surface area contributed by atoms with E-state index in [2.05, 4.69) is 5.32 Å². The lowest BCUT2D eigenvalue weighted by Crippen LogP contribution is -2.40. The Bertz CT molecular complexity index is 586. The van der Waals surface area contributed by atoms with Crippen molar-refractivity contribution in [3.05, 3.63) is 24.3 Å². The van der Waals surface area contributed by atoms with Crippen molar-refractivity contribution < 1.29 is 19.4 Å². The number of benzene rings is 1. The second-order valence-electron chi connectivity index (χ2n) is 5.69. The van der Waals surface area contributed by atoms with E-state index in [0.29, 0.717) is 24.5 Å². The van der Waals surface area contributed by atoms with E-state index in [-0.39, 0.29) is 23.9 Å². The number of carbonyl (C=O) groups is 2. The molecule has 3 atom stereocenters. The van der Waals surface area contributed by atoms with Crippen LogP contribution in [0.15, 0.2) is 24.3 Å². The van der Waals surface area contributed by atoms with Crippen LogP contribution in [0.2, 0.25) is 0 Å². The van der Waals surface area contributed by atoms with Gasteiger partial charge in [-0.3, -0.25) is 4.79 Å². The van der Waals surface area contributed by atoms with Crippen LogP contribution >= 0.6 is 0 Å². The SMILES string of the molecule is COc1cccc(NC(=O)N2C[C@@H]3[C@H](O)C(=O)N(C)[C@@H]3C2)c1. The van der Waals surface area contributed by atoms with Gasteiger partial charge in [0.1, 0.15) is 11.9 Å². The number of nitrogens with zero attached hydrogens (tertiary/aromatic N) is 2. The van der Waals surface area contributed by atoms with Gasteiger partial charge >= 0.3 is 6.03 Å². The van der Waals surface area contributed by atoms with Gasteiger partial charge in [0.05, 0.1) is 13.2 Å². The summed E-state index contributed by atoms with van der Waals surface area (Å²) in [6, 6.07) is 6.76. The van der Waals surface area contributed by atoms with Crippen LogP contribution in [-0.2, 0) is 4.79 Å². The van der Waals surface area contributed by atoms with Gasteiger partial charge in [-0.25, -0.2) is 4.79 Å². The Kier molecular flexibility index (Phi) is 3.66. The first-order valence-corrected chi connectivity index (χ1v) is 7.16. The van der Waals surface area contributed by atoms with Crippen molar-refractivity contribution in [3.8, 4) is 5.75 Å². The van der Waals surface area contributed by atoms with Gasteiger partial charge in [0.25, 0.3) is 5.91 Å². The maximum atomic E-state index is 12.3. The highest BCUT2D eigenvalue weighted by molar-refractivity contribution is 5.90. The molecule has 1 aromatic rings. The normalized spacial score (nSPS) is 27.0.